The number of rotatable bonds is 6. The Hall–Kier alpha value is -2.93. The summed E-state index contributed by atoms with van der Waals surface area (Å²) < 4.78 is 11.2. The van der Waals surface area contributed by atoms with Gasteiger partial charge in [0.1, 0.15) is 5.76 Å². The lowest BCUT2D eigenvalue weighted by molar-refractivity contribution is -0.147. The van der Waals surface area contributed by atoms with Gasteiger partial charge in [-0.05, 0) is 36.5 Å². The van der Waals surface area contributed by atoms with Gasteiger partial charge in [0.15, 0.2) is 5.76 Å². The maximum absolute atomic E-state index is 10.9. The zero-order chi connectivity index (χ0) is 20.5. The first-order valence-electron chi connectivity index (χ1n) is 10.6. The van der Waals surface area contributed by atoms with Crippen LogP contribution in [0.25, 0.3) is 23.0 Å². The van der Waals surface area contributed by atoms with Crippen LogP contribution in [0.15, 0.2) is 45.3 Å². The van der Waals surface area contributed by atoms with E-state index in [-0.39, 0.29) is 5.92 Å². The first-order chi connectivity index (χ1) is 14.7. The zero-order valence-corrected chi connectivity index (χ0v) is 16.8. The molecule has 0 bridgehead atoms. The van der Waals surface area contributed by atoms with Crippen molar-refractivity contribution in [3.63, 3.8) is 0 Å². The standard InChI is InChI=1S/C23H25N3O4/c27-23(28)18-12-26(13-18)14-19-10-11-20(29-19)22-24-21(25-30-22)17-8-6-16(7-9-17)15-4-2-1-3-5-15/h6-11,15,18H,1-5,12-14H2,(H,27,28). The molecule has 3 heterocycles. The van der Waals surface area contributed by atoms with E-state index in [1.165, 1.54) is 37.7 Å². The topological polar surface area (TPSA) is 92.6 Å². The predicted octanol–water partition coefficient (Wildman–Crippen LogP) is 4.56. The summed E-state index contributed by atoms with van der Waals surface area (Å²) in [5.41, 5.74) is 2.32. The third-order valence-electron chi connectivity index (χ3n) is 6.23. The van der Waals surface area contributed by atoms with Gasteiger partial charge in [-0.3, -0.25) is 9.69 Å². The lowest BCUT2D eigenvalue weighted by atomic mass is 9.84. The third kappa shape index (κ3) is 3.89. The highest BCUT2D eigenvalue weighted by Crippen LogP contribution is 2.33. The minimum absolute atomic E-state index is 0.276. The fraction of sp³-hybridized carbons (Fsp3) is 0.435. The molecule has 0 radical (unpaired) electrons. The molecule has 30 heavy (non-hydrogen) atoms. The third-order valence-corrected chi connectivity index (χ3v) is 6.23. The number of likely N-dealkylation sites (tertiary alicyclic amines) is 1. The quantitative estimate of drug-likeness (QED) is 0.640. The Morgan fingerprint density at radius 1 is 1.07 bits per heavy atom. The van der Waals surface area contributed by atoms with E-state index in [1.54, 1.807) is 0 Å². The molecule has 7 heteroatoms. The summed E-state index contributed by atoms with van der Waals surface area (Å²) in [4.78, 5) is 17.4. The smallest absolute Gasteiger partial charge is 0.309 e. The van der Waals surface area contributed by atoms with Gasteiger partial charge in [0.25, 0.3) is 5.89 Å². The van der Waals surface area contributed by atoms with Crippen LogP contribution in [0, 0.1) is 5.92 Å². The highest BCUT2D eigenvalue weighted by Gasteiger charge is 2.32. The van der Waals surface area contributed by atoms with Crippen molar-refractivity contribution < 1.29 is 18.8 Å². The molecule has 1 saturated carbocycles. The normalized spacial score (nSPS) is 18.4. The van der Waals surface area contributed by atoms with Crippen molar-refractivity contribution in [1.82, 2.24) is 15.0 Å². The van der Waals surface area contributed by atoms with Gasteiger partial charge < -0.3 is 14.0 Å². The molecule has 156 valence electrons. The van der Waals surface area contributed by atoms with E-state index in [0.29, 0.717) is 43.0 Å². The number of carboxylic acids is 1. The van der Waals surface area contributed by atoms with Crippen molar-refractivity contribution in [2.75, 3.05) is 13.1 Å². The van der Waals surface area contributed by atoms with E-state index in [4.69, 9.17) is 14.0 Å². The van der Waals surface area contributed by atoms with Crippen LogP contribution in [0.3, 0.4) is 0 Å². The highest BCUT2D eigenvalue weighted by molar-refractivity contribution is 5.71. The SMILES string of the molecule is O=C(O)C1CN(Cc2ccc(-c3nc(-c4ccc(C5CCCCC5)cc4)no3)o2)C1. The first-order valence-corrected chi connectivity index (χ1v) is 10.6. The summed E-state index contributed by atoms with van der Waals surface area (Å²) in [7, 11) is 0. The van der Waals surface area contributed by atoms with Crippen LogP contribution in [0.1, 0.15) is 49.3 Å². The fourth-order valence-electron chi connectivity index (χ4n) is 4.43. The van der Waals surface area contributed by atoms with Crippen LogP contribution in [0.2, 0.25) is 0 Å². The minimum atomic E-state index is -0.739. The predicted molar refractivity (Wildman–Crippen MR) is 110 cm³/mol. The average molecular weight is 407 g/mol. The molecule has 1 saturated heterocycles. The maximum Gasteiger partial charge on any atom is 0.309 e. The highest BCUT2D eigenvalue weighted by atomic mass is 16.5. The molecule has 0 unspecified atom stereocenters. The number of furan rings is 1. The molecule has 2 fully saturated rings. The van der Waals surface area contributed by atoms with Crippen LogP contribution in [0.5, 0.6) is 0 Å². The molecular weight excluding hydrogens is 382 g/mol. The van der Waals surface area contributed by atoms with Crippen LogP contribution in [-0.4, -0.2) is 39.2 Å². The number of benzene rings is 1. The summed E-state index contributed by atoms with van der Waals surface area (Å²) in [5.74, 6) is 1.83. The lowest BCUT2D eigenvalue weighted by Gasteiger charge is -2.35. The second kappa shape index (κ2) is 8.07. The number of hydrogen-bond donors (Lipinski definition) is 1. The lowest BCUT2D eigenvalue weighted by Crippen LogP contribution is -2.49. The molecule has 7 nitrogen and oxygen atoms in total. The second-order valence-corrected chi connectivity index (χ2v) is 8.38. The van der Waals surface area contributed by atoms with Gasteiger partial charge in [0.05, 0.1) is 12.5 Å². The zero-order valence-electron chi connectivity index (χ0n) is 16.8. The summed E-state index contributed by atoms with van der Waals surface area (Å²) in [6.45, 7) is 1.67. The van der Waals surface area contributed by atoms with Crippen molar-refractivity contribution in [3.05, 3.63) is 47.7 Å². The summed E-state index contributed by atoms with van der Waals surface area (Å²) >= 11 is 0. The summed E-state index contributed by atoms with van der Waals surface area (Å²) in [5, 5.41) is 13.1. The minimum Gasteiger partial charge on any atom is -0.481 e. The first kappa shape index (κ1) is 19.1. The van der Waals surface area contributed by atoms with Gasteiger partial charge in [0.2, 0.25) is 5.82 Å². The molecule has 2 aliphatic rings. The summed E-state index contributed by atoms with van der Waals surface area (Å²) in [6, 6.07) is 12.2. The molecule has 2 aromatic heterocycles. The molecule has 0 spiro atoms. The van der Waals surface area contributed by atoms with Gasteiger partial charge in [-0.1, -0.05) is 48.7 Å². The number of hydrogen-bond acceptors (Lipinski definition) is 6. The Morgan fingerprint density at radius 2 is 1.83 bits per heavy atom. The number of carboxylic acid groups (broad SMARTS) is 1. The molecule has 0 amide bonds. The van der Waals surface area contributed by atoms with E-state index >= 15 is 0 Å². The molecule has 1 aromatic carbocycles. The Balaban J connectivity index is 1.23. The van der Waals surface area contributed by atoms with E-state index in [0.717, 1.165) is 11.3 Å². The fourth-order valence-corrected chi connectivity index (χ4v) is 4.43. The van der Waals surface area contributed by atoms with Gasteiger partial charge in [-0.2, -0.15) is 4.98 Å². The van der Waals surface area contributed by atoms with Gasteiger partial charge in [-0.25, -0.2) is 0 Å². The number of aliphatic carboxylic acids is 1. The molecule has 3 aromatic rings. The Bertz CT molecular complexity index is 1010. The monoisotopic (exact) mass is 407 g/mol. The van der Waals surface area contributed by atoms with Crippen LogP contribution in [-0.2, 0) is 11.3 Å². The van der Waals surface area contributed by atoms with Crippen LogP contribution >= 0.6 is 0 Å². The Labute approximate surface area is 174 Å². The number of aromatic nitrogens is 2. The molecular formula is C23H25N3O4. The van der Waals surface area contributed by atoms with E-state index in [9.17, 15) is 4.79 Å². The summed E-state index contributed by atoms with van der Waals surface area (Å²) in [6.07, 6.45) is 6.56. The van der Waals surface area contributed by atoms with Crippen molar-refractivity contribution in [2.24, 2.45) is 5.92 Å². The van der Waals surface area contributed by atoms with Gasteiger partial charge >= 0.3 is 5.97 Å². The van der Waals surface area contributed by atoms with E-state index < -0.39 is 5.97 Å². The molecule has 5 rings (SSSR count). The number of carbonyl (C=O) groups is 1. The maximum atomic E-state index is 10.9. The number of nitrogens with zero attached hydrogens (tertiary/aromatic N) is 3. The van der Waals surface area contributed by atoms with Crippen molar-refractivity contribution in [1.29, 1.82) is 0 Å². The van der Waals surface area contributed by atoms with E-state index in [2.05, 4.69) is 34.4 Å². The second-order valence-electron chi connectivity index (χ2n) is 8.38. The van der Waals surface area contributed by atoms with Crippen LogP contribution in [0.4, 0.5) is 0 Å². The van der Waals surface area contributed by atoms with Gasteiger partial charge in [0, 0.05) is 18.7 Å². The van der Waals surface area contributed by atoms with Crippen LogP contribution < -0.4 is 0 Å². The average Bonchev–Trinajstić information content (AvgIpc) is 3.40. The van der Waals surface area contributed by atoms with Crippen molar-refractivity contribution >= 4 is 5.97 Å². The molecule has 1 aliphatic heterocycles. The molecule has 0 atom stereocenters. The Kier molecular flexibility index (Phi) is 5.12. The van der Waals surface area contributed by atoms with E-state index in [1.807, 2.05) is 17.0 Å². The largest absolute Gasteiger partial charge is 0.481 e. The Morgan fingerprint density at radius 3 is 2.57 bits per heavy atom. The van der Waals surface area contributed by atoms with Crippen molar-refractivity contribution in [3.8, 4) is 23.0 Å². The molecule has 1 aliphatic carbocycles. The molecule has 1 N–H and O–H groups in total. The van der Waals surface area contributed by atoms with Crippen molar-refractivity contribution in [2.45, 2.75) is 44.6 Å². The van der Waals surface area contributed by atoms with Gasteiger partial charge in [-0.15, -0.1) is 0 Å².